The lowest BCUT2D eigenvalue weighted by Crippen LogP contribution is -2.49. The number of nitrogens with zero attached hydrogens (tertiary/aromatic N) is 5. The van der Waals surface area contributed by atoms with Crippen LogP contribution < -0.4 is 9.64 Å². The summed E-state index contributed by atoms with van der Waals surface area (Å²) in [5.41, 5.74) is 1.47. The molecular weight excluding hydrogens is 418 g/mol. The maximum atomic E-state index is 12.8. The van der Waals surface area contributed by atoms with Crippen molar-refractivity contribution < 1.29 is 14.5 Å². The zero-order valence-corrected chi connectivity index (χ0v) is 17.7. The molecule has 9 nitrogen and oxygen atoms in total. The minimum atomic E-state index is -0.469. The van der Waals surface area contributed by atoms with E-state index in [9.17, 15) is 14.9 Å². The summed E-state index contributed by atoms with van der Waals surface area (Å²) in [4.78, 5) is 35.5. The molecule has 0 bridgehead atoms. The fraction of sp³-hybridized carbons (Fsp3) is 0.286. The number of ether oxygens (including phenoxy) is 1. The number of amides is 1. The molecule has 3 heterocycles. The van der Waals surface area contributed by atoms with Gasteiger partial charge in [-0.05, 0) is 37.3 Å². The van der Waals surface area contributed by atoms with Crippen LogP contribution in [0, 0.1) is 17.0 Å². The number of thiazole rings is 1. The largest absolute Gasteiger partial charge is 0.487 e. The van der Waals surface area contributed by atoms with E-state index in [4.69, 9.17) is 4.74 Å². The molecule has 0 atom stereocenters. The molecule has 10 heteroatoms. The first-order valence-electron chi connectivity index (χ1n) is 9.78. The number of benzene rings is 1. The summed E-state index contributed by atoms with van der Waals surface area (Å²) in [6.45, 7) is 4.70. The molecule has 1 aromatic carbocycles. The van der Waals surface area contributed by atoms with E-state index in [2.05, 4.69) is 9.97 Å². The molecule has 1 saturated heterocycles. The summed E-state index contributed by atoms with van der Waals surface area (Å²) >= 11 is 1.59. The minimum Gasteiger partial charge on any atom is -0.487 e. The molecule has 31 heavy (non-hydrogen) atoms. The Morgan fingerprint density at radius 3 is 2.48 bits per heavy atom. The van der Waals surface area contributed by atoms with Crippen LogP contribution in [0.2, 0.25) is 0 Å². The van der Waals surface area contributed by atoms with Crippen LogP contribution in [0.5, 0.6) is 5.75 Å². The molecule has 160 valence electrons. The zero-order valence-electron chi connectivity index (χ0n) is 16.9. The van der Waals surface area contributed by atoms with Gasteiger partial charge in [0.25, 0.3) is 11.6 Å². The normalized spacial score (nSPS) is 13.8. The van der Waals surface area contributed by atoms with Gasteiger partial charge in [-0.15, -0.1) is 11.3 Å². The quantitative estimate of drug-likeness (QED) is 0.429. The Hall–Kier alpha value is -3.53. The van der Waals surface area contributed by atoms with Crippen molar-refractivity contribution in [3.05, 3.63) is 74.4 Å². The summed E-state index contributed by atoms with van der Waals surface area (Å²) in [5.74, 6) is 1.34. The van der Waals surface area contributed by atoms with Gasteiger partial charge in [-0.25, -0.2) is 9.97 Å². The Labute approximate surface area is 183 Å². The van der Waals surface area contributed by atoms with Gasteiger partial charge in [0.2, 0.25) is 0 Å². The molecule has 0 saturated carbocycles. The molecule has 2 aromatic heterocycles. The Kier molecular flexibility index (Phi) is 6.08. The number of carbonyl (C=O) groups is 1. The molecule has 0 aliphatic carbocycles. The van der Waals surface area contributed by atoms with Crippen molar-refractivity contribution in [2.24, 2.45) is 0 Å². The predicted molar refractivity (Wildman–Crippen MR) is 117 cm³/mol. The first-order chi connectivity index (χ1) is 15.0. The predicted octanol–water partition coefficient (Wildman–Crippen LogP) is 3.30. The molecule has 1 fully saturated rings. The maximum Gasteiger partial charge on any atom is 0.287 e. The van der Waals surface area contributed by atoms with Gasteiger partial charge >= 0.3 is 0 Å². The van der Waals surface area contributed by atoms with E-state index in [0.29, 0.717) is 49.9 Å². The Morgan fingerprint density at radius 2 is 1.90 bits per heavy atom. The van der Waals surface area contributed by atoms with Gasteiger partial charge in [-0.2, -0.15) is 0 Å². The highest BCUT2D eigenvalue weighted by Gasteiger charge is 2.23. The number of aromatic nitrogens is 2. The molecule has 1 amide bonds. The van der Waals surface area contributed by atoms with Gasteiger partial charge in [0.15, 0.2) is 0 Å². The van der Waals surface area contributed by atoms with Crippen molar-refractivity contribution in [2.75, 3.05) is 31.1 Å². The van der Waals surface area contributed by atoms with Crippen molar-refractivity contribution in [3.63, 3.8) is 0 Å². The summed E-state index contributed by atoms with van der Waals surface area (Å²) in [6.07, 6.45) is 1.26. The summed E-state index contributed by atoms with van der Waals surface area (Å²) in [5, 5.41) is 13.7. The fourth-order valence-electron chi connectivity index (χ4n) is 3.32. The average molecular weight is 439 g/mol. The van der Waals surface area contributed by atoms with Gasteiger partial charge in [-0.1, -0.05) is 0 Å². The van der Waals surface area contributed by atoms with Crippen LogP contribution >= 0.6 is 11.3 Å². The number of aryl methyl sites for hydroxylation is 1. The smallest absolute Gasteiger partial charge is 0.287 e. The first kappa shape index (κ1) is 20.7. The van der Waals surface area contributed by atoms with Crippen LogP contribution in [0.25, 0.3) is 0 Å². The van der Waals surface area contributed by atoms with Gasteiger partial charge in [-0.3, -0.25) is 14.9 Å². The Morgan fingerprint density at radius 1 is 1.16 bits per heavy atom. The zero-order chi connectivity index (χ0) is 21.8. The maximum absolute atomic E-state index is 12.8. The fourth-order valence-corrected chi connectivity index (χ4v) is 3.92. The number of carbonyl (C=O) groups excluding carboxylic acids is 1. The summed E-state index contributed by atoms with van der Waals surface area (Å²) in [7, 11) is 0. The van der Waals surface area contributed by atoms with E-state index in [-0.39, 0.29) is 11.6 Å². The first-order valence-corrected chi connectivity index (χ1v) is 10.7. The number of rotatable bonds is 6. The monoisotopic (exact) mass is 439 g/mol. The van der Waals surface area contributed by atoms with E-state index in [1.165, 1.54) is 12.3 Å². The lowest BCUT2D eigenvalue weighted by atomic mass is 10.1. The van der Waals surface area contributed by atoms with Gasteiger partial charge in [0, 0.05) is 43.2 Å². The number of anilines is 1. The average Bonchev–Trinajstić information content (AvgIpc) is 3.23. The Balaban J connectivity index is 1.30. The van der Waals surface area contributed by atoms with Crippen LogP contribution in [0.4, 0.5) is 11.5 Å². The highest BCUT2D eigenvalue weighted by atomic mass is 32.1. The SMILES string of the molecule is Cc1nc(COc2ccc(C(=O)N3CCN(c4ccc([N+](=O)[O-])cn4)CC3)cc2)cs1. The molecule has 0 radical (unpaired) electrons. The van der Waals surface area contributed by atoms with E-state index in [1.807, 2.05) is 17.2 Å². The Bertz CT molecular complexity index is 1060. The highest BCUT2D eigenvalue weighted by Crippen LogP contribution is 2.20. The highest BCUT2D eigenvalue weighted by molar-refractivity contribution is 7.09. The lowest BCUT2D eigenvalue weighted by Gasteiger charge is -2.35. The summed E-state index contributed by atoms with van der Waals surface area (Å²) < 4.78 is 5.74. The van der Waals surface area contributed by atoms with Crippen molar-refractivity contribution in [2.45, 2.75) is 13.5 Å². The minimum absolute atomic E-state index is 0.0296. The van der Waals surface area contributed by atoms with Gasteiger partial charge in [0.1, 0.15) is 24.4 Å². The number of nitro groups is 1. The van der Waals surface area contributed by atoms with Crippen LogP contribution in [-0.2, 0) is 6.61 Å². The second-order valence-electron chi connectivity index (χ2n) is 7.08. The molecule has 4 rings (SSSR count). The van der Waals surface area contributed by atoms with Crippen LogP contribution in [0.3, 0.4) is 0 Å². The molecule has 0 unspecified atom stereocenters. The second kappa shape index (κ2) is 9.09. The second-order valence-corrected chi connectivity index (χ2v) is 8.14. The van der Waals surface area contributed by atoms with Gasteiger partial charge < -0.3 is 14.5 Å². The number of pyridine rings is 1. The van der Waals surface area contributed by atoms with Crippen molar-refractivity contribution in [1.29, 1.82) is 0 Å². The molecule has 1 aliphatic heterocycles. The summed E-state index contributed by atoms with van der Waals surface area (Å²) in [6, 6.07) is 10.2. The molecule has 1 aliphatic rings. The van der Waals surface area contributed by atoms with Crippen LogP contribution in [0.15, 0.2) is 48.0 Å². The van der Waals surface area contributed by atoms with Crippen molar-refractivity contribution >= 4 is 28.7 Å². The third-order valence-electron chi connectivity index (χ3n) is 4.99. The third-order valence-corrected chi connectivity index (χ3v) is 5.81. The molecular formula is C21H21N5O4S. The van der Waals surface area contributed by atoms with Crippen molar-refractivity contribution in [1.82, 2.24) is 14.9 Å². The van der Waals surface area contributed by atoms with E-state index < -0.39 is 4.92 Å². The van der Waals surface area contributed by atoms with Crippen molar-refractivity contribution in [3.8, 4) is 5.75 Å². The van der Waals surface area contributed by atoms with E-state index in [0.717, 1.165) is 10.7 Å². The van der Waals surface area contributed by atoms with E-state index >= 15 is 0 Å². The molecule has 3 aromatic rings. The van der Waals surface area contributed by atoms with Gasteiger partial charge in [0.05, 0.1) is 15.6 Å². The number of hydrogen-bond acceptors (Lipinski definition) is 8. The van der Waals surface area contributed by atoms with E-state index in [1.54, 1.807) is 46.6 Å². The molecule has 0 spiro atoms. The van der Waals surface area contributed by atoms with Crippen LogP contribution in [0.1, 0.15) is 21.1 Å². The molecule has 0 N–H and O–H groups in total. The lowest BCUT2D eigenvalue weighted by molar-refractivity contribution is -0.385. The topological polar surface area (TPSA) is 102 Å². The standard InChI is InChI=1S/C21H21N5O4S/c1-15-23-17(14-31-15)13-30-19-5-2-16(3-6-19)21(27)25-10-8-24(9-11-25)20-7-4-18(12-22-20)26(28)29/h2-7,12,14H,8-11,13H2,1H3. The third kappa shape index (κ3) is 4.97. The number of hydrogen-bond donors (Lipinski definition) is 0. The van der Waals surface area contributed by atoms with Crippen LogP contribution in [-0.4, -0.2) is 51.9 Å². The number of piperazine rings is 1.